The SMILES string of the molecule is C1CCC([NH2+]C2CCCCC2)CC1.CCCCCN(CCCOC)C(=O)[C@@H](CCC(=O)[O-])NC(=O)c1cc2ccccc2s1. The molecule has 0 aliphatic heterocycles. The number of thiophene rings is 1. The van der Waals surface area contributed by atoms with Crippen molar-refractivity contribution in [2.75, 3.05) is 26.8 Å². The molecule has 1 aromatic carbocycles. The first-order valence-electron chi connectivity index (χ1n) is 17.0. The molecule has 1 heterocycles. The topological polar surface area (TPSA) is 115 Å². The van der Waals surface area contributed by atoms with Crippen molar-refractivity contribution in [3.05, 3.63) is 35.2 Å². The smallest absolute Gasteiger partial charge is 0.262 e. The largest absolute Gasteiger partial charge is 0.550 e. The molecule has 8 nitrogen and oxygen atoms in total. The Bertz CT molecular complexity index is 1070. The first-order chi connectivity index (χ1) is 21.4. The molecule has 246 valence electrons. The van der Waals surface area contributed by atoms with E-state index in [-0.39, 0.29) is 24.7 Å². The first-order valence-corrected chi connectivity index (χ1v) is 17.8. The van der Waals surface area contributed by atoms with Crippen LogP contribution in [-0.4, -0.2) is 67.6 Å². The van der Waals surface area contributed by atoms with Crippen molar-refractivity contribution in [1.82, 2.24) is 10.2 Å². The maximum Gasteiger partial charge on any atom is 0.262 e. The minimum absolute atomic E-state index is 0.00758. The Labute approximate surface area is 268 Å². The quantitative estimate of drug-likeness (QED) is 0.259. The molecular weight excluding hydrogens is 574 g/mol. The van der Waals surface area contributed by atoms with Crippen molar-refractivity contribution in [1.29, 1.82) is 0 Å². The summed E-state index contributed by atoms with van der Waals surface area (Å²) in [5.74, 6) is -1.88. The van der Waals surface area contributed by atoms with Crippen LogP contribution in [-0.2, 0) is 14.3 Å². The minimum Gasteiger partial charge on any atom is -0.550 e. The number of unbranched alkanes of at least 4 members (excludes halogenated alkanes) is 2. The van der Waals surface area contributed by atoms with Gasteiger partial charge in [-0.2, -0.15) is 0 Å². The molecule has 2 aromatic rings. The summed E-state index contributed by atoms with van der Waals surface area (Å²) >= 11 is 1.34. The van der Waals surface area contributed by atoms with Gasteiger partial charge in [0.1, 0.15) is 6.04 Å². The molecule has 0 radical (unpaired) electrons. The Hall–Kier alpha value is -2.49. The number of benzene rings is 1. The zero-order valence-electron chi connectivity index (χ0n) is 27.0. The predicted molar refractivity (Wildman–Crippen MR) is 176 cm³/mol. The standard InChI is InChI=1S/C23H32N2O5S.C12H23N/c1-3-4-7-13-25(14-8-15-30-2)23(29)18(11-12-21(26)27)24-22(28)20-16-17-9-5-6-10-19(17)31-20;1-3-7-11(8-4-1)13-12-9-5-2-6-10-12/h5-6,9-10,16,18H,3-4,7-8,11-15H2,1-2H3,(H,24,28)(H,26,27);11-13H,1-10H2/t18-;/m1./s1. The molecule has 2 saturated carbocycles. The van der Waals surface area contributed by atoms with Crippen LogP contribution < -0.4 is 15.7 Å². The number of carbonyl (C=O) groups excluding carboxylic acids is 3. The van der Waals surface area contributed by atoms with Crippen LogP contribution in [0.15, 0.2) is 30.3 Å². The van der Waals surface area contributed by atoms with Crippen molar-refractivity contribution in [2.24, 2.45) is 0 Å². The van der Waals surface area contributed by atoms with Crippen molar-refractivity contribution in [3.8, 4) is 0 Å². The molecule has 0 bridgehead atoms. The fraction of sp³-hybridized carbons (Fsp3) is 0.686. The molecule has 2 aliphatic rings. The molecule has 4 rings (SSSR count). The van der Waals surface area contributed by atoms with Crippen LogP contribution in [0.2, 0.25) is 0 Å². The van der Waals surface area contributed by atoms with Gasteiger partial charge in [0, 0.05) is 37.5 Å². The van der Waals surface area contributed by atoms with Gasteiger partial charge in [0.15, 0.2) is 0 Å². The molecule has 2 amide bonds. The van der Waals surface area contributed by atoms with E-state index < -0.39 is 12.0 Å². The third-order valence-corrected chi connectivity index (χ3v) is 9.97. The molecule has 1 atom stereocenters. The van der Waals surface area contributed by atoms with Gasteiger partial charge >= 0.3 is 0 Å². The number of hydrogen-bond donors (Lipinski definition) is 2. The summed E-state index contributed by atoms with van der Waals surface area (Å²) in [5, 5.41) is 17.5. The molecule has 2 aliphatic carbocycles. The highest BCUT2D eigenvalue weighted by Crippen LogP contribution is 2.25. The zero-order chi connectivity index (χ0) is 31.6. The number of carboxylic acids is 1. The number of aliphatic carboxylic acids is 1. The normalized spacial score (nSPS) is 16.6. The summed E-state index contributed by atoms with van der Waals surface area (Å²) < 4.78 is 6.07. The number of rotatable bonds is 16. The third kappa shape index (κ3) is 12.9. The highest BCUT2D eigenvalue weighted by Gasteiger charge is 2.27. The predicted octanol–water partition coefficient (Wildman–Crippen LogP) is 4.80. The number of nitrogens with zero attached hydrogens (tertiary/aromatic N) is 1. The molecule has 0 unspecified atom stereocenters. The molecule has 0 saturated heterocycles. The van der Waals surface area contributed by atoms with Crippen LogP contribution in [0.1, 0.15) is 119 Å². The average Bonchev–Trinajstić information content (AvgIpc) is 3.48. The lowest BCUT2D eigenvalue weighted by Crippen LogP contribution is -2.95. The molecule has 2 fully saturated rings. The second kappa shape index (κ2) is 20.5. The number of fused-ring (bicyclic) bond motifs is 1. The molecule has 3 N–H and O–H groups in total. The number of quaternary nitrogens is 1. The van der Waals surface area contributed by atoms with Crippen molar-refractivity contribution in [3.63, 3.8) is 0 Å². The van der Waals surface area contributed by atoms with Gasteiger partial charge in [0.25, 0.3) is 5.91 Å². The van der Waals surface area contributed by atoms with Gasteiger partial charge in [-0.05, 0) is 94.6 Å². The van der Waals surface area contributed by atoms with E-state index >= 15 is 0 Å². The van der Waals surface area contributed by atoms with Crippen molar-refractivity contribution >= 4 is 39.2 Å². The van der Waals surface area contributed by atoms with Crippen LogP contribution in [0.5, 0.6) is 0 Å². The minimum atomic E-state index is -1.24. The van der Waals surface area contributed by atoms with Gasteiger partial charge < -0.3 is 30.2 Å². The fourth-order valence-corrected chi connectivity index (χ4v) is 7.35. The van der Waals surface area contributed by atoms with Crippen molar-refractivity contribution in [2.45, 2.75) is 128 Å². The summed E-state index contributed by atoms with van der Waals surface area (Å²) in [6.45, 7) is 3.67. The number of methoxy groups -OCH3 is 1. The van der Waals surface area contributed by atoms with E-state index in [4.69, 9.17) is 4.74 Å². The van der Waals surface area contributed by atoms with Gasteiger partial charge in [-0.15, -0.1) is 11.3 Å². The van der Waals surface area contributed by atoms with E-state index in [2.05, 4.69) is 17.6 Å². The summed E-state index contributed by atoms with van der Waals surface area (Å²) in [4.78, 5) is 39.3. The van der Waals surface area contributed by atoms with Crippen LogP contribution in [0.3, 0.4) is 0 Å². The second-order valence-corrected chi connectivity index (χ2v) is 13.5. The van der Waals surface area contributed by atoms with Crippen LogP contribution in [0.25, 0.3) is 10.1 Å². The van der Waals surface area contributed by atoms with E-state index in [1.165, 1.54) is 75.5 Å². The first kappa shape index (κ1) is 36.0. The fourth-order valence-electron chi connectivity index (χ4n) is 6.39. The molecular formula is C35H55N3O5S. The van der Waals surface area contributed by atoms with Crippen molar-refractivity contribution < 1.29 is 29.5 Å². The monoisotopic (exact) mass is 629 g/mol. The average molecular weight is 630 g/mol. The van der Waals surface area contributed by atoms with Crippen LogP contribution in [0, 0.1) is 0 Å². The highest BCUT2D eigenvalue weighted by molar-refractivity contribution is 7.20. The van der Waals surface area contributed by atoms with E-state index in [0.29, 0.717) is 31.0 Å². The molecule has 0 spiro atoms. The number of carbonyl (C=O) groups is 3. The zero-order valence-corrected chi connectivity index (χ0v) is 27.8. The molecule has 44 heavy (non-hydrogen) atoms. The van der Waals surface area contributed by atoms with Crippen LogP contribution >= 0.6 is 11.3 Å². The summed E-state index contributed by atoms with van der Waals surface area (Å²) in [7, 11) is 1.61. The number of amides is 2. The summed E-state index contributed by atoms with van der Waals surface area (Å²) in [6.07, 6.45) is 18.2. The lowest BCUT2D eigenvalue weighted by molar-refractivity contribution is -0.725. The maximum atomic E-state index is 13.2. The van der Waals surface area contributed by atoms with E-state index in [0.717, 1.165) is 41.4 Å². The number of hydrogen-bond acceptors (Lipinski definition) is 6. The number of nitrogens with one attached hydrogen (secondary N) is 1. The van der Waals surface area contributed by atoms with E-state index in [1.807, 2.05) is 24.3 Å². The van der Waals surface area contributed by atoms with Crippen LogP contribution in [0.4, 0.5) is 0 Å². The molecule has 1 aromatic heterocycles. The van der Waals surface area contributed by atoms with Gasteiger partial charge in [-0.25, -0.2) is 0 Å². The summed E-state index contributed by atoms with van der Waals surface area (Å²) in [5.41, 5.74) is 0. The Kier molecular flexibility index (Phi) is 16.8. The Morgan fingerprint density at radius 2 is 1.61 bits per heavy atom. The maximum absolute atomic E-state index is 13.2. The van der Waals surface area contributed by atoms with Gasteiger partial charge in [-0.1, -0.05) is 50.8 Å². The van der Waals surface area contributed by atoms with Gasteiger partial charge in [-0.3, -0.25) is 9.59 Å². The van der Waals surface area contributed by atoms with E-state index in [9.17, 15) is 19.5 Å². The second-order valence-electron chi connectivity index (χ2n) is 12.5. The van der Waals surface area contributed by atoms with Gasteiger partial charge in [0.2, 0.25) is 5.91 Å². The Balaban J connectivity index is 0.000000335. The number of nitrogens with two attached hydrogens (primary N) is 1. The summed E-state index contributed by atoms with van der Waals surface area (Å²) in [6, 6.07) is 10.5. The lowest BCUT2D eigenvalue weighted by atomic mass is 9.91. The third-order valence-electron chi connectivity index (χ3n) is 8.85. The Morgan fingerprint density at radius 1 is 0.977 bits per heavy atom. The van der Waals surface area contributed by atoms with E-state index in [1.54, 1.807) is 18.1 Å². The lowest BCUT2D eigenvalue weighted by Gasteiger charge is -2.28. The number of carboxylic acid groups (broad SMARTS) is 1. The number of ether oxygens (including phenoxy) is 1. The van der Waals surface area contributed by atoms with Gasteiger partial charge in [0.05, 0.1) is 17.0 Å². The molecule has 9 heteroatoms. The Morgan fingerprint density at radius 3 is 2.20 bits per heavy atom. The highest BCUT2D eigenvalue weighted by atomic mass is 32.1.